The Kier molecular flexibility index (Phi) is 6.01. The molecule has 1 aromatic heterocycles. The summed E-state index contributed by atoms with van der Waals surface area (Å²) in [5.74, 6) is 0.697. The average Bonchev–Trinajstić information content (AvgIpc) is 3.36. The van der Waals surface area contributed by atoms with Crippen LogP contribution in [0.2, 0.25) is 5.02 Å². The van der Waals surface area contributed by atoms with Crippen molar-refractivity contribution < 1.29 is 22.7 Å². The number of alkyl halides is 3. The standard InChI is InChI=1S/C22H20ClF3N4O2/c1-32-17-7-5-13-6-8-19(18(13)11-17)28-21(31)27-12-16-10-20(22(24,25)26)29-30(16)15-4-2-3-14(23)9-15/h2-5,7,9-11,19H,6,8,12H2,1H3,(H2,27,28,31). The minimum absolute atomic E-state index is 0.154. The van der Waals surface area contributed by atoms with Crippen LogP contribution in [-0.2, 0) is 19.1 Å². The van der Waals surface area contributed by atoms with Crippen LogP contribution in [0, 0.1) is 0 Å². The summed E-state index contributed by atoms with van der Waals surface area (Å²) in [5.41, 5.74) is 1.59. The van der Waals surface area contributed by atoms with Gasteiger partial charge in [0, 0.05) is 5.02 Å². The molecule has 1 aliphatic rings. The number of urea groups is 1. The van der Waals surface area contributed by atoms with Gasteiger partial charge in [-0.15, -0.1) is 0 Å². The van der Waals surface area contributed by atoms with Crippen LogP contribution in [0.1, 0.15) is 35.0 Å². The lowest BCUT2D eigenvalue weighted by molar-refractivity contribution is -0.141. The van der Waals surface area contributed by atoms with E-state index in [4.69, 9.17) is 16.3 Å². The molecular formula is C22H20ClF3N4O2. The first-order valence-corrected chi connectivity index (χ1v) is 10.3. The van der Waals surface area contributed by atoms with E-state index in [-0.39, 0.29) is 18.3 Å². The summed E-state index contributed by atoms with van der Waals surface area (Å²) >= 11 is 5.98. The van der Waals surface area contributed by atoms with Crippen LogP contribution in [0.4, 0.5) is 18.0 Å². The number of nitrogens with zero attached hydrogens (tertiary/aromatic N) is 2. The van der Waals surface area contributed by atoms with Crippen molar-refractivity contribution in [2.24, 2.45) is 0 Å². The summed E-state index contributed by atoms with van der Waals surface area (Å²) < 4.78 is 46.1. The molecule has 0 bridgehead atoms. The number of hydrogen-bond donors (Lipinski definition) is 2. The number of rotatable bonds is 5. The lowest BCUT2D eigenvalue weighted by Gasteiger charge is -2.16. The van der Waals surface area contributed by atoms with Crippen LogP contribution in [0.25, 0.3) is 5.69 Å². The number of halogens is 4. The van der Waals surface area contributed by atoms with Crippen LogP contribution in [0.5, 0.6) is 5.75 Å². The summed E-state index contributed by atoms with van der Waals surface area (Å²) in [6.45, 7) is -0.154. The Bertz CT molecular complexity index is 1150. The molecule has 1 unspecified atom stereocenters. The zero-order valence-electron chi connectivity index (χ0n) is 17.0. The van der Waals surface area contributed by atoms with Gasteiger partial charge in [0.1, 0.15) is 5.75 Å². The van der Waals surface area contributed by atoms with Gasteiger partial charge in [0.25, 0.3) is 0 Å². The molecular weight excluding hydrogens is 445 g/mol. The summed E-state index contributed by atoms with van der Waals surface area (Å²) in [6, 6.07) is 12.3. The average molecular weight is 465 g/mol. The van der Waals surface area contributed by atoms with Crippen LogP contribution in [0.3, 0.4) is 0 Å². The van der Waals surface area contributed by atoms with Crippen molar-refractivity contribution in [2.45, 2.75) is 31.6 Å². The number of amides is 2. The molecule has 1 atom stereocenters. The van der Waals surface area contributed by atoms with Crippen LogP contribution in [0.15, 0.2) is 48.5 Å². The number of fused-ring (bicyclic) bond motifs is 1. The molecule has 32 heavy (non-hydrogen) atoms. The van der Waals surface area contributed by atoms with Crippen LogP contribution >= 0.6 is 11.6 Å². The first-order valence-electron chi connectivity index (χ1n) is 9.88. The van der Waals surface area contributed by atoms with E-state index in [9.17, 15) is 18.0 Å². The molecule has 0 saturated carbocycles. The number of methoxy groups -OCH3 is 1. The molecule has 2 amide bonds. The van der Waals surface area contributed by atoms with Gasteiger partial charge in [0.2, 0.25) is 0 Å². The van der Waals surface area contributed by atoms with Gasteiger partial charge in [-0.3, -0.25) is 0 Å². The third-order valence-electron chi connectivity index (χ3n) is 5.29. The molecule has 168 valence electrons. The lowest BCUT2D eigenvalue weighted by Crippen LogP contribution is -2.37. The fraction of sp³-hybridized carbons (Fsp3) is 0.273. The normalized spacial score (nSPS) is 15.3. The molecule has 0 radical (unpaired) electrons. The number of nitrogens with one attached hydrogen (secondary N) is 2. The van der Waals surface area contributed by atoms with Crippen LogP contribution < -0.4 is 15.4 Å². The number of aromatic nitrogens is 2. The molecule has 1 heterocycles. The van der Waals surface area contributed by atoms with Gasteiger partial charge in [-0.2, -0.15) is 18.3 Å². The maximum Gasteiger partial charge on any atom is 0.435 e. The highest BCUT2D eigenvalue weighted by Crippen LogP contribution is 2.34. The van der Waals surface area contributed by atoms with E-state index in [1.54, 1.807) is 25.3 Å². The molecule has 0 fully saturated rings. The molecule has 3 aromatic rings. The van der Waals surface area contributed by atoms with Crippen molar-refractivity contribution in [2.75, 3.05) is 7.11 Å². The second-order valence-electron chi connectivity index (χ2n) is 7.39. The predicted molar refractivity (Wildman–Crippen MR) is 113 cm³/mol. The van der Waals surface area contributed by atoms with Crippen molar-refractivity contribution in [1.29, 1.82) is 0 Å². The van der Waals surface area contributed by atoms with Crippen molar-refractivity contribution in [1.82, 2.24) is 20.4 Å². The zero-order valence-corrected chi connectivity index (χ0v) is 17.8. The van der Waals surface area contributed by atoms with Crippen molar-refractivity contribution >= 4 is 17.6 Å². The van der Waals surface area contributed by atoms with Crippen molar-refractivity contribution in [3.05, 3.63) is 76.1 Å². The van der Waals surface area contributed by atoms with Gasteiger partial charge in [-0.05, 0) is 60.4 Å². The van der Waals surface area contributed by atoms with Gasteiger partial charge in [-0.1, -0.05) is 23.7 Å². The number of benzene rings is 2. The largest absolute Gasteiger partial charge is 0.497 e. The molecule has 10 heteroatoms. The van der Waals surface area contributed by atoms with E-state index in [1.807, 2.05) is 18.2 Å². The Morgan fingerprint density at radius 1 is 1.25 bits per heavy atom. The minimum atomic E-state index is -4.62. The molecule has 0 aliphatic heterocycles. The highest BCUT2D eigenvalue weighted by Gasteiger charge is 2.35. The quantitative estimate of drug-likeness (QED) is 0.556. The van der Waals surface area contributed by atoms with Crippen molar-refractivity contribution in [3.63, 3.8) is 0 Å². The summed E-state index contributed by atoms with van der Waals surface area (Å²) in [6.07, 6.45) is -3.07. The van der Waals surface area contributed by atoms with Gasteiger partial charge in [0.05, 0.1) is 31.1 Å². The van der Waals surface area contributed by atoms with Gasteiger partial charge < -0.3 is 15.4 Å². The summed E-state index contributed by atoms with van der Waals surface area (Å²) in [4.78, 5) is 12.5. The fourth-order valence-corrected chi connectivity index (χ4v) is 3.94. The SMILES string of the molecule is COc1ccc2c(c1)C(NC(=O)NCc1cc(C(F)(F)F)nn1-c1cccc(Cl)c1)CC2. The number of carbonyl (C=O) groups excluding carboxylic acids is 1. The monoisotopic (exact) mass is 464 g/mol. The van der Waals surface area contributed by atoms with E-state index in [0.717, 1.165) is 34.7 Å². The molecule has 1 aliphatic carbocycles. The fourth-order valence-electron chi connectivity index (χ4n) is 3.75. The highest BCUT2D eigenvalue weighted by molar-refractivity contribution is 6.30. The summed E-state index contributed by atoms with van der Waals surface area (Å²) in [5, 5.41) is 9.55. The van der Waals surface area contributed by atoms with Crippen molar-refractivity contribution in [3.8, 4) is 11.4 Å². The zero-order chi connectivity index (χ0) is 22.9. The smallest absolute Gasteiger partial charge is 0.435 e. The Hall–Kier alpha value is -3.20. The van der Waals surface area contributed by atoms with Gasteiger partial charge in [0.15, 0.2) is 5.69 Å². The Balaban J connectivity index is 1.49. The van der Waals surface area contributed by atoms with E-state index in [0.29, 0.717) is 16.5 Å². The Labute approximate surface area is 187 Å². The molecule has 4 rings (SSSR count). The first kappa shape index (κ1) is 22.0. The van der Waals surface area contributed by atoms with Gasteiger partial charge in [-0.25, -0.2) is 9.48 Å². The number of aryl methyl sites for hydroxylation is 1. The van der Waals surface area contributed by atoms with E-state index < -0.39 is 17.9 Å². The first-order chi connectivity index (χ1) is 15.2. The molecule has 6 nitrogen and oxygen atoms in total. The molecule has 0 spiro atoms. The van der Waals surface area contributed by atoms with E-state index in [2.05, 4.69) is 15.7 Å². The minimum Gasteiger partial charge on any atom is -0.497 e. The number of carbonyl (C=O) groups is 1. The Morgan fingerprint density at radius 2 is 2.06 bits per heavy atom. The number of ether oxygens (including phenoxy) is 1. The third kappa shape index (κ3) is 4.67. The lowest BCUT2D eigenvalue weighted by atomic mass is 10.1. The summed E-state index contributed by atoms with van der Waals surface area (Å²) in [7, 11) is 1.57. The van der Waals surface area contributed by atoms with E-state index >= 15 is 0 Å². The topological polar surface area (TPSA) is 68.2 Å². The molecule has 0 saturated heterocycles. The molecule has 2 N–H and O–H groups in total. The maximum absolute atomic E-state index is 13.2. The molecule has 2 aromatic carbocycles. The second-order valence-corrected chi connectivity index (χ2v) is 7.83. The second kappa shape index (κ2) is 8.74. The Morgan fingerprint density at radius 3 is 2.78 bits per heavy atom. The predicted octanol–water partition coefficient (Wildman–Crippen LogP) is 5.04. The van der Waals surface area contributed by atoms with Crippen LogP contribution in [-0.4, -0.2) is 22.9 Å². The third-order valence-corrected chi connectivity index (χ3v) is 5.53. The highest BCUT2D eigenvalue weighted by atomic mass is 35.5. The number of hydrogen-bond acceptors (Lipinski definition) is 3. The van der Waals surface area contributed by atoms with Gasteiger partial charge >= 0.3 is 12.2 Å². The van der Waals surface area contributed by atoms with E-state index in [1.165, 1.54) is 6.07 Å². The maximum atomic E-state index is 13.2.